The number of hydrogen-bond donors (Lipinski definition) is 0. The van der Waals surface area contributed by atoms with Gasteiger partial charge in [-0.3, -0.25) is 0 Å². The average molecular weight is 380 g/mol. The summed E-state index contributed by atoms with van der Waals surface area (Å²) in [7, 11) is 0. The first-order chi connectivity index (χ1) is 7.50. The monoisotopic (exact) mass is 380 g/mol. The molecule has 1 saturated carbocycles. The number of rotatable bonds is 0. The fraction of sp³-hybridized carbons (Fsp3) is 1.00. The van der Waals surface area contributed by atoms with Crippen molar-refractivity contribution in [3.63, 3.8) is 0 Å². The van der Waals surface area contributed by atoms with Gasteiger partial charge in [-0.25, -0.2) is 0 Å². The molecule has 0 aromatic heterocycles. The van der Waals surface area contributed by atoms with Crippen LogP contribution in [-0.2, 0) is 0 Å². The van der Waals surface area contributed by atoms with Crippen molar-refractivity contribution in [2.45, 2.75) is 35.5 Å². The third-order valence-electron chi connectivity index (χ3n) is 2.37. The van der Waals surface area contributed by atoms with Crippen LogP contribution in [-0.4, -0.2) is 35.5 Å². The molecule has 0 amide bonds. The maximum Gasteiger partial charge on any atom is 1.00 e. The molecule has 1 aliphatic rings. The standard InChI is InChI=1S/C6F12.2K.2H/c7-1(8)2(9,10)4(13,14)6(17,18)5(15,16)3(1,11)12;;;;/q;2*+1;2*-1. The van der Waals surface area contributed by atoms with Crippen molar-refractivity contribution in [2.24, 2.45) is 0 Å². The molecule has 1 fully saturated rings. The predicted octanol–water partition coefficient (Wildman–Crippen LogP) is -1.96. The van der Waals surface area contributed by atoms with Crippen molar-refractivity contribution in [1.82, 2.24) is 0 Å². The van der Waals surface area contributed by atoms with Gasteiger partial charge in [0.05, 0.1) is 0 Å². The average Bonchev–Trinajstić information content (AvgIpc) is 2.14. The molecule has 14 heteroatoms. The van der Waals surface area contributed by atoms with Gasteiger partial charge in [0, 0.05) is 0 Å². The minimum Gasteiger partial charge on any atom is -1.00 e. The zero-order chi connectivity index (χ0) is 15.0. The Morgan fingerprint density at radius 2 is 0.350 bits per heavy atom. The molecule has 0 spiro atoms. The van der Waals surface area contributed by atoms with Crippen LogP contribution < -0.4 is 103 Å². The van der Waals surface area contributed by atoms with Crippen molar-refractivity contribution in [3.05, 3.63) is 0 Å². The minimum atomic E-state index is -7.35. The molecule has 0 heterocycles. The van der Waals surface area contributed by atoms with Gasteiger partial charge in [-0.1, -0.05) is 0 Å². The predicted molar refractivity (Wildman–Crippen MR) is 31.9 cm³/mol. The molecule has 20 heavy (non-hydrogen) atoms. The molecule has 0 aromatic carbocycles. The quantitative estimate of drug-likeness (QED) is 0.339. The van der Waals surface area contributed by atoms with Crippen molar-refractivity contribution in [1.29, 1.82) is 0 Å². The van der Waals surface area contributed by atoms with E-state index in [-0.39, 0.29) is 106 Å². The van der Waals surface area contributed by atoms with Crippen molar-refractivity contribution >= 4 is 0 Å². The van der Waals surface area contributed by atoms with Gasteiger partial charge in [-0.05, 0) is 0 Å². The van der Waals surface area contributed by atoms with Crippen LogP contribution in [0.15, 0.2) is 0 Å². The zero-order valence-electron chi connectivity index (χ0n) is 11.5. The van der Waals surface area contributed by atoms with E-state index in [0.717, 1.165) is 0 Å². The number of halogens is 12. The normalized spacial score (nSPS) is 30.6. The van der Waals surface area contributed by atoms with Gasteiger partial charge in [0.1, 0.15) is 0 Å². The van der Waals surface area contributed by atoms with Gasteiger partial charge in [-0.15, -0.1) is 0 Å². The van der Waals surface area contributed by atoms with Crippen LogP contribution in [0.4, 0.5) is 52.7 Å². The fourth-order valence-corrected chi connectivity index (χ4v) is 1.18. The molecule has 0 unspecified atom stereocenters. The third-order valence-corrected chi connectivity index (χ3v) is 2.37. The SMILES string of the molecule is FC1(F)C(F)(F)C(F)(F)C(F)(F)C(F)(F)C1(F)F.[H-].[H-].[K+].[K+]. The van der Waals surface area contributed by atoms with E-state index in [1.807, 2.05) is 0 Å². The smallest absolute Gasteiger partial charge is 1.00 e. The molecule has 0 atom stereocenters. The maximum atomic E-state index is 12.3. The van der Waals surface area contributed by atoms with Crippen LogP contribution >= 0.6 is 0 Å². The van der Waals surface area contributed by atoms with Gasteiger partial charge < -0.3 is 2.85 Å². The Morgan fingerprint density at radius 3 is 0.400 bits per heavy atom. The summed E-state index contributed by atoms with van der Waals surface area (Å²) in [6, 6.07) is 0. The number of alkyl halides is 12. The largest absolute Gasteiger partial charge is 1.00 e. The summed E-state index contributed by atoms with van der Waals surface area (Å²) in [6.07, 6.45) is 0. The third kappa shape index (κ3) is 2.42. The van der Waals surface area contributed by atoms with E-state index in [1.54, 1.807) is 0 Å². The van der Waals surface area contributed by atoms with E-state index in [0.29, 0.717) is 0 Å². The first-order valence-corrected chi connectivity index (χ1v) is 3.77. The topological polar surface area (TPSA) is 0 Å². The van der Waals surface area contributed by atoms with E-state index < -0.39 is 35.5 Å². The fourth-order valence-electron chi connectivity index (χ4n) is 1.18. The minimum absolute atomic E-state index is 0. The Morgan fingerprint density at radius 1 is 0.300 bits per heavy atom. The summed E-state index contributed by atoms with van der Waals surface area (Å²) in [5, 5.41) is 0. The summed E-state index contributed by atoms with van der Waals surface area (Å²) >= 11 is 0. The summed E-state index contributed by atoms with van der Waals surface area (Å²) < 4.78 is 148. The van der Waals surface area contributed by atoms with Gasteiger partial charge in [0.2, 0.25) is 0 Å². The van der Waals surface area contributed by atoms with Crippen LogP contribution in [0.5, 0.6) is 0 Å². The molecule has 1 rings (SSSR count). The Hall–Kier alpha value is 2.43. The number of hydrogen-bond acceptors (Lipinski definition) is 0. The maximum absolute atomic E-state index is 12.3. The summed E-state index contributed by atoms with van der Waals surface area (Å²) in [5.41, 5.74) is 0. The van der Waals surface area contributed by atoms with Crippen molar-refractivity contribution in [2.75, 3.05) is 0 Å². The summed E-state index contributed by atoms with van der Waals surface area (Å²) in [5.74, 6) is -44.1. The molecule has 0 bridgehead atoms. The van der Waals surface area contributed by atoms with E-state index in [2.05, 4.69) is 0 Å². The van der Waals surface area contributed by atoms with E-state index >= 15 is 0 Å². The molecular formula is C6H2F12K2. The van der Waals surface area contributed by atoms with E-state index in [1.165, 1.54) is 0 Å². The van der Waals surface area contributed by atoms with Crippen LogP contribution in [0, 0.1) is 0 Å². The van der Waals surface area contributed by atoms with E-state index in [4.69, 9.17) is 0 Å². The zero-order valence-corrected chi connectivity index (χ0v) is 15.8. The van der Waals surface area contributed by atoms with Crippen LogP contribution in [0.3, 0.4) is 0 Å². The molecule has 0 nitrogen and oxygen atoms in total. The summed E-state index contributed by atoms with van der Waals surface area (Å²) in [6.45, 7) is 0. The van der Waals surface area contributed by atoms with Gasteiger partial charge in [-0.2, -0.15) is 52.7 Å². The van der Waals surface area contributed by atoms with E-state index in [9.17, 15) is 52.7 Å². The van der Waals surface area contributed by atoms with Crippen molar-refractivity contribution in [3.8, 4) is 0 Å². The molecular weight excluding hydrogens is 378 g/mol. The molecule has 0 N–H and O–H groups in total. The Bertz CT molecular complexity index is 267. The van der Waals surface area contributed by atoms with Gasteiger partial charge >= 0.3 is 138 Å². The Kier molecular flexibility index (Phi) is 7.48. The van der Waals surface area contributed by atoms with Gasteiger partial charge in [0.15, 0.2) is 0 Å². The molecule has 0 saturated heterocycles. The molecule has 112 valence electrons. The van der Waals surface area contributed by atoms with Crippen LogP contribution in [0.25, 0.3) is 0 Å². The second-order valence-corrected chi connectivity index (χ2v) is 3.45. The Labute approximate surface area is 190 Å². The Balaban J connectivity index is -0.000000405. The van der Waals surface area contributed by atoms with Crippen LogP contribution in [0.1, 0.15) is 2.85 Å². The van der Waals surface area contributed by atoms with Gasteiger partial charge in [0.25, 0.3) is 0 Å². The second-order valence-electron chi connectivity index (χ2n) is 3.45. The van der Waals surface area contributed by atoms with Crippen molar-refractivity contribution < 1.29 is 158 Å². The molecule has 0 radical (unpaired) electrons. The molecule has 0 aromatic rings. The molecule has 1 aliphatic carbocycles. The first kappa shape index (κ1) is 24.7. The first-order valence-electron chi connectivity index (χ1n) is 3.77. The molecule has 0 aliphatic heterocycles. The van der Waals surface area contributed by atoms with Crippen LogP contribution in [0.2, 0.25) is 0 Å². The summed E-state index contributed by atoms with van der Waals surface area (Å²) in [4.78, 5) is 0. The second kappa shape index (κ2) is 6.06.